The Labute approximate surface area is 171 Å². The maximum atomic E-state index is 14.2. The van der Waals surface area contributed by atoms with E-state index in [1.165, 1.54) is 6.07 Å². The molecule has 1 N–H and O–H groups in total. The van der Waals surface area contributed by atoms with Gasteiger partial charge < -0.3 is 5.11 Å². The van der Waals surface area contributed by atoms with Gasteiger partial charge in [-0.3, -0.25) is 4.79 Å². The third-order valence-corrected chi connectivity index (χ3v) is 6.10. The molecule has 1 saturated carbocycles. The van der Waals surface area contributed by atoms with Crippen molar-refractivity contribution in [3.8, 4) is 0 Å². The lowest BCUT2D eigenvalue weighted by atomic mass is 9.83. The molecule has 4 nitrogen and oxygen atoms in total. The number of nitrogens with zero attached hydrogens (tertiary/aromatic N) is 2. The smallest absolute Gasteiger partial charge is 0.181 e. The highest BCUT2D eigenvalue weighted by Crippen LogP contribution is 2.29. The van der Waals surface area contributed by atoms with Crippen LogP contribution in [-0.2, 0) is 6.42 Å². The minimum atomic E-state index is -0.410. The van der Waals surface area contributed by atoms with Crippen molar-refractivity contribution in [3.63, 3.8) is 0 Å². The van der Waals surface area contributed by atoms with Crippen molar-refractivity contribution in [3.05, 3.63) is 69.7 Å². The van der Waals surface area contributed by atoms with Crippen molar-refractivity contribution in [1.29, 1.82) is 0 Å². The van der Waals surface area contributed by atoms with Crippen LogP contribution in [0, 0.1) is 11.7 Å². The van der Waals surface area contributed by atoms with Gasteiger partial charge in [0.2, 0.25) is 0 Å². The molecule has 1 aromatic carbocycles. The maximum absolute atomic E-state index is 14.2. The molecule has 4 rings (SSSR count). The van der Waals surface area contributed by atoms with E-state index in [9.17, 15) is 14.3 Å². The monoisotopic (exact) mass is 444 g/mol. The van der Waals surface area contributed by atoms with Crippen LogP contribution >= 0.6 is 15.9 Å². The maximum Gasteiger partial charge on any atom is 0.181 e. The number of aliphatic hydroxyl groups is 1. The van der Waals surface area contributed by atoms with Crippen LogP contribution in [0.25, 0.3) is 5.52 Å². The Morgan fingerprint density at radius 1 is 1.21 bits per heavy atom. The SMILES string of the molecule is O=C(C[C@H]1CCCC[C@@H]1O)c1cc(Cc2cc(Br)ccc2F)c2cccnn12. The molecular formula is C22H22BrFN2O2. The predicted molar refractivity (Wildman–Crippen MR) is 109 cm³/mol. The quantitative estimate of drug-likeness (QED) is 0.566. The van der Waals surface area contributed by atoms with E-state index >= 15 is 0 Å². The predicted octanol–water partition coefficient (Wildman–Crippen LogP) is 4.95. The van der Waals surface area contributed by atoms with E-state index in [1.807, 2.05) is 18.2 Å². The average molecular weight is 445 g/mol. The molecule has 146 valence electrons. The van der Waals surface area contributed by atoms with Crippen LogP contribution in [0.2, 0.25) is 0 Å². The molecule has 28 heavy (non-hydrogen) atoms. The summed E-state index contributed by atoms with van der Waals surface area (Å²) in [6.45, 7) is 0. The zero-order valence-corrected chi connectivity index (χ0v) is 17.0. The molecule has 1 aliphatic carbocycles. The van der Waals surface area contributed by atoms with E-state index in [0.29, 0.717) is 24.1 Å². The number of aromatic nitrogens is 2. The Bertz CT molecular complexity index is 1020. The zero-order valence-electron chi connectivity index (χ0n) is 15.4. The van der Waals surface area contributed by atoms with Gasteiger partial charge in [-0.2, -0.15) is 5.10 Å². The van der Waals surface area contributed by atoms with Gasteiger partial charge >= 0.3 is 0 Å². The van der Waals surface area contributed by atoms with Gasteiger partial charge in [0.1, 0.15) is 11.5 Å². The van der Waals surface area contributed by atoms with Gasteiger partial charge in [-0.25, -0.2) is 8.91 Å². The number of ketones is 1. The topological polar surface area (TPSA) is 54.6 Å². The van der Waals surface area contributed by atoms with E-state index in [4.69, 9.17) is 0 Å². The molecule has 2 aromatic heterocycles. The lowest BCUT2D eigenvalue weighted by Gasteiger charge is -2.26. The van der Waals surface area contributed by atoms with Gasteiger partial charge in [0.05, 0.1) is 11.6 Å². The van der Waals surface area contributed by atoms with Gasteiger partial charge in [-0.1, -0.05) is 28.8 Å². The number of rotatable bonds is 5. The Morgan fingerprint density at radius 2 is 2.04 bits per heavy atom. The van der Waals surface area contributed by atoms with E-state index in [-0.39, 0.29) is 17.5 Å². The lowest BCUT2D eigenvalue weighted by molar-refractivity contribution is 0.0580. The molecule has 6 heteroatoms. The Balaban J connectivity index is 1.66. The number of fused-ring (bicyclic) bond motifs is 1. The molecule has 1 aliphatic rings. The lowest BCUT2D eigenvalue weighted by Crippen LogP contribution is -2.27. The fraction of sp³-hybridized carbons (Fsp3) is 0.364. The van der Waals surface area contributed by atoms with Gasteiger partial charge in [0.25, 0.3) is 0 Å². The van der Waals surface area contributed by atoms with Crippen molar-refractivity contribution in [2.24, 2.45) is 5.92 Å². The Morgan fingerprint density at radius 3 is 2.86 bits per heavy atom. The van der Waals surface area contributed by atoms with E-state index in [1.54, 1.807) is 22.8 Å². The second-order valence-corrected chi connectivity index (χ2v) is 8.44. The van der Waals surface area contributed by atoms with E-state index in [2.05, 4.69) is 21.0 Å². The van der Waals surface area contributed by atoms with Gasteiger partial charge in [-0.05, 0) is 66.3 Å². The van der Waals surface area contributed by atoms with Crippen molar-refractivity contribution in [2.45, 2.75) is 44.6 Å². The van der Waals surface area contributed by atoms with Crippen molar-refractivity contribution in [2.75, 3.05) is 0 Å². The number of hydrogen-bond acceptors (Lipinski definition) is 3. The first kappa shape index (κ1) is 19.3. The molecular weight excluding hydrogens is 423 g/mol. The molecule has 0 unspecified atom stereocenters. The second-order valence-electron chi connectivity index (χ2n) is 7.53. The Hall–Kier alpha value is -2.05. The van der Waals surface area contributed by atoms with Crippen LogP contribution in [-0.4, -0.2) is 26.6 Å². The summed E-state index contributed by atoms with van der Waals surface area (Å²) in [6, 6.07) is 10.4. The molecule has 0 aliphatic heterocycles. The molecule has 0 spiro atoms. The van der Waals surface area contributed by atoms with Crippen LogP contribution < -0.4 is 0 Å². The first-order valence-corrected chi connectivity index (χ1v) is 10.4. The number of benzene rings is 1. The average Bonchev–Trinajstić information content (AvgIpc) is 3.05. The molecule has 0 bridgehead atoms. The number of carbonyl (C=O) groups excluding carboxylic acids is 1. The van der Waals surface area contributed by atoms with Crippen LogP contribution in [0.5, 0.6) is 0 Å². The number of carbonyl (C=O) groups is 1. The third kappa shape index (κ3) is 3.89. The van der Waals surface area contributed by atoms with Crippen LogP contribution in [0.1, 0.15) is 53.7 Å². The highest BCUT2D eigenvalue weighted by atomic mass is 79.9. The Kier molecular flexibility index (Phi) is 5.60. The second kappa shape index (κ2) is 8.13. The van der Waals surface area contributed by atoms with E-state index in [0.717, 1.165) is 41.2 Å². The minimum Gasteiger partial charge on any atom is -0.393 e. The summed E-state index contributed by atoms with van der Waals surface area (Å²) >= 11 is 3.39. The minimum absolute atomic E-state index is 0.00138. The summed E-state index contributed by atoms with van der Waals surface area (Å²) in [7, 11) is 0. The number of hydrogen-bond donors (Lipinski definition) is 1. The summed E-state index contributed by atoms with van der Waals surface area (Å²) in [5.74, 6) is -0.299. The van der Waals surface area contributed by atoms with Gasteiger partial charge in [0, 0.05) is 23.5 Å². The summed E-state index contributed by atoms with van der Waals surface area (Å²) in [5.41, 5.74) is 2.72. The van der Waals surface area contributed by atoms with Crippen molar-refractivity contribution >= 4 is 27.2 Å². The van der Waals surface area contributed by atoms with Crippen LogP contribution in [0.3, 0.4) is 0 Å². The molecule has 0 radical (unpaired) electrons. The fourth-order valence-corrected chi connectivity index (χ4v) is 4.51. The van der Waals surface area contributed by atoms with Crippen molar-refractivity contribution in [1.82, 2.24) is 9.61 Å². The molecule has 2 heterocycles. The standard InChI is InChI=1S/C22H22BrFN2O2/c23-17-7-8-18(24)15(11-17)10-16-12-20(26-19(16)5-3-9-25-26)22(28)13-14-4-1-2-6-21(14)27/h3,5,7-9,11-12,14,21,27H,1-2,4,6,10,13H2/t14-,21+/m1/s1. The van der Waals surface area contributed by atoms with E-state index < -0.39 is 6.10 Å². The fourth-order valence-electron chi connectivity index (χ4n) is 4.10. The van der Waals surface area contributed by atoms with Gasteiger partial charge in [-0.15, -0.1) is 0 Å². The highest BCUT2D eigenvalue weighted by Gasteiger charge is 2.27. The first-order valence-electron chi connectivity index (χ1n) is 9.64. The largest absolute Gasteiger partial charge is 0.393 e. The number of halogens is 2. The zero-order chi connectivity index (χ0) is 19.7. The molecule has 3 aromatic rings. The number of Topliss-reactive ketones (excluding diaryl/α,β-unsaturated/α-hetero) is 1. The molecule has 0 saturated heterocycles. The van der Waals surface area contributed by atoms with Crippen molar-refractivity contribution < 1.29 is 14.3 Å². The summed E-state index contributed by atoms with van der Waals surface area (Å²) in [4.78, 5) is 13.0. The normalized spacial score (nSPS) is 19.8. The third-order valence-electron chi connectivity index (χ3n) is 5.61. The molecule has 1 fully saturated rings. The number of aliphatic hydroxyl groups excluding tert-OH is 1. The first-order chi connectivity index (χ1) is 13.5. The molecule has 0 amide bonds. The van der Waals surface area contributed by atoms with Gasteiger partial charge in [0.15, 0.2) is 5.78 Å². The highest BCUT2D eigenvalue weighted by molar-refractivity contribution is 9.10. The van der Waals surface area contributed by atoms with Crippen LogP contribution in [0.4, 0.5) is 4.39 Å². The summed E-state index contributed by atoms with van der Waals surface area (Å²) in [5, 5.41) is 14.6. The summed E-state index contributed by atoms with van der Waals surface area (Å²) in [6.07, 6.45) is 5.63. The van der Waals surface area contributed by atoms with Crippen LogP contribution in [0.15, 0.2) is 47.1 Å². The summed E-state index contributed by atoms with van der Waals surface area (Å²) < 4.78 is 16.7. The molecule has 2 atom stereocenters.